The van der Waals surface area contributed by atoms with Gasteiger partial charge in [0.1, 0.15) is 5.82 Å². The highest BCUT2D eigenvalue weighted by atomic mass is 14.9. The molecule has 0 amide bonds. The summed E-state index contributed by atoms with van der Waals surface area (Å²) in [4.78, 5) is 8.62. The second kappa shape index (κ2) is 3.73. The van der Waals surface area contributed by atoms with Crippen LogP contribution in [0.4, 0.5) is 5.82 Å². The van der Waals surface area contributed by atoms with Crippen LogP contribution in [0, 0.1) is 0 Å². The van der Waals surface area contributed by atoms with Crippen LogP contribution in [0.3, 0.4) is 0 Å². The van der Waals surface area contributed by atoms with Crippen molar-refractivity contribution in [1.82, 2.24) is 9.97 Å². The molecule has 1 heterocycles. The van der Waals surface area contributed by atoms with Gasteiger partial charge >= 0.3 is 0 Å². The highest BCUT2D eigenvalue weighted by molar-refractivity contribution is 5.36. The SMILES string of the molecule is CC(C)c1cnc(N)c(C(C)C)n1. The molecule has 2 N–H and O–H groups in total. The van der Waals surface area contributed by atoms with E-state index in [1.807, 2.05) is 0 Å². The zero-order valence-corrected chi connectivity index (χ0v) is 8.70. The molecule has 0 unspecified atom stereocenters. The van der Waals surface area contributed by atoms with E-state index in [-0.39, 0.29) is 0 Å². The molecular weight excluding hydrogens is 162 g/mol. The number of hydrogen-bond acceptors (Lipinski definition) is 3. The molecule has 1 aromatic rings. The molecule has 3 heteroatoms. The molecule has 1 rings (SSSR count). The van der Waals surface area contributed by atoms with Gasteiger partial charge in [-0.05, 0) is 11.8 Å². The molecule has 3 nitrogen and oxygen atoms in total. The largest absolute Gasteiger partial charge is 0.382 e. The van der Waals surface area contributed by atoms with Crippen molar-refractivity contribution >= 4 is 5.82 Å². The Morgan fingerprint density at radius 2 is 1.77 bits per heavy atom. The van der Waals surface area contributed by atoms with Crippen molar-refractivity contribution in [3.8, 4) is 0 Å². The topological polar surface area (TPSA) is 51.8 Å². The Hall–Kier alpha value is -1.12. The van der Waals surface area contributed by atoms with Crippen molar-refractivity contribution in [3.05, 3.63) is 17.6 Å². The van der Waals surface area contributed by atoms with Crippen LogP contribution in [0.5, 0.6) is 0 Å². The summed E-state index contributed by atoms with van der Waals surface area (Å²) in [5.41, 5.74) is 7.64. The summed E-state index contributed by atoms with van der Waals surface area (Å²) in [6.07, 6.45) is 1.76. The fourth-order valence-corrected chi connectivity index (χ4v) is 1.13. The van der Waals surface area contributed by atoms with Gasteiger partial charge in [-0.1, -0.05) is 27.7 Å². The molecule has 0 saturated heterocycles. The first-order valence-electron chi connectivity index (χ1n) is 4.64. The van der Waals surface area contributed by atoms with Gasteiger partial charge in [-0.2, -0.15) is 0 Å². The Morgan fingerprint density at radius 3 is 2.23 bits per heavy atom. The molecule has 0 aromatic carbocycles. The standard InChI is InChI=1S/C10H17N3/c1-6(2)8-5-12-10(11)9(13-8)7(3)4/h5-7H,1-4H3,(H2,11,12). The number of aromatic nitrogens is 2. The summed E-state index contributed by atoms with van der Waals surface area (Å²) in [5, 5.41) is 0. The maximum atomic E-state index is 5.72. The van der Waals surface area contributed by atoms with Gasteiger partial charge in [0.15, 0.2) is 0 Å². The first-order valence-corrected chi connectivity index (χ1v) is 4.64. The summed E-state index contributed by atoms with van der Waals surface area (Å²) < 4.78 is 0. The molecule has 0 spiro atoms. The molecule has 0 radical (unpaired) electrons. The molecule has 72 valence electrons. The number of anilines is 1. The minimum Gasteiger partial charge on any atom is -0.382 e. The lowest BCUT2D eigenvalue weighted by Gasteiger charge is -2.10. The zero-order valence-electron chi connectivity index (χ0n) is 8.70. The Morgan fingerprint density at radius 1 is 1.15 bits per heavy atom. The normalized spacial score (nSPS) is 11.2. The predicted octanol–water partition coefficient (Wildman–Crippen LogP) is 2.31. The lowest BCUT2D eigenvalue weighted by Crippen LogP contribution is -2.06. The van der Waals surface area contributed by atoms with Crippen molar-refractivity contribution < 1.29 is 0 Å². The van der Waals surface area contributed by atoms with Gasteiger partial charge in [0, 0.05) is 0 Å². The Balaban J connectivity index is 3.11. The lowest BCUT2D eigenvalue weighted by molar-refractivity contribution is 0.755. The summed E-state index contributed by atoms with van der Waals surface area (Å²) >= 11 is 0. The average Bonchev–Trinajstić information content (AvgIpc) is 2.04. The van der Waals surface area contributed by atoms with E-state index in [9.17, 15) is 0 Å². The third-order valence-electron chi connectivity index (χ3n) is 1.99. The summed E-state index contributed by atoms with van der Waals surface area (Å²) in [5.74, 6) is 1.30. The third-order valence-corrected chi connectivity index (χ3v) is 1.99. The van der Waals surface area contributed by atoms with E-state index < -0.39 is 0 Å². The van der Waals surface area contributed by atoms with Gasteiger partial charge in [-0.15, -0.1) is 0 Å². The average molecular weight is 179 g/mol. The summed E-state index contributed by atoms with van der Waals surface area (Å²) in [7, 11) is 0. The van der Waals surface area contributed by atoms with Crippen LogP contribution in [0.25, 0.3) is 0 Å². The monoisotopic (exact) mass is 179 g/mol. The van der Waals surface area contributed by atoms with Crippen LogP contribution < -0.4 is 5.73 Å². The van der Waals surface area contributed by atoms with E-state index in [1.165, 1.54) is 0 Å². The van der Waals surface area contributed by atoms with Crippen LogP contribution in [-0.2, 0) is 0 Å². The molecule has 0 bridgehead atoms. The fourth-order valence-electron chi connectivity index (χ4n) is 1.13. The van der Waals surface area contributed by atoms with Gasteiger partial charge in [-0.3, -0.25) is 4.98 Å². The van der Waals surface area contributed by atoms with Gasteiger partial charge in [0.2, 0.25) is 0 Å². The van der Waals surface area contributed by atoms with Crippen molar-refractivity contribution in [2.45, 2.75) is 39.5 Å². The first-order chi connectivity index (χ1) is 6.02. The number of nitrogen functional groups attached to an aromatic ring is 1. The number of hydrogen-bond donors (Lipinski definition) is 1. The van der Waals surface area contributed by atoms with Crippen LogP contribution >= 0.6 is 0 Å². The Labute approximate surface area is 79.4 Å². The van der Waals surface area contributed by atoms with Crippen LogP contribution in [0.15, 0.2) is 6.20 Å². The second-order valence-electron chi connectivity index (χ2n) is 3.87. The molecule has 0 aliphatic rings. The fraction of sp³-hybridized carbons (Fsp3) is 0.600. The van der Waals surface area contributed by atoms with Crippen LogP contribution in [0.2, 0.25) is 0 Å². The van der Waals surface area contributed by atoms with Gasteiger partial charge in [0.25, 0.3) is 0 Å². The highest BCUT2D eigenvalue weighted by Gasteiger charge is 2.09. The van der Waals surface area contributed by atoms with E-state index in [0.717, 1.165) is 11.4 Å². The van der Waals surface area contributed by atoms with E-state index in [0.29, 0.717) is 17.7 Å². The predicted molar refractivity (Wildman–Crippen MR) is 54.6 cm³/mol. The minimum absolute atomic E-state index is 0.339. The van der Waals surface area contributed by atoms with Crippen LogP contribution in [-0.4, -0.2) is 9.97 Å². The highest BCUT2D eigenvalue weighted by Crippen LogP contribution is 2.20. The summed E-state index contributed by atoms with van der Waals surface area (Å²) in [6.45, 7) is 8.35. The maximum absolute atomic E-state index is 5.72. The van der Waals surface area contributed by atoms with E-state index in [2.05, 4.69) is 37.7 Å². The van der Waals surface area contributed by atoms with Crippen molar-refractivity contribution in [1.29, 1.82) is 0 Å². The van der Waals surface area contributed by atoms with Crippen LogP contribution in [0.1, 0.15) is 50.9 Å². The summed E-state index contributed by atoms with van der Waals surface area (Å²) in [6, 6.07) is 0. The molecule has 0 aliphatic carbocycles. The molecule has 0 atom stereocenters. The lowest BCUT2D eigenvalue weighted by atomic mass is 10.1. The maximum Gasteiger partial charge on any atom is 0.145 e. The molecule has 13 heavy (non-hydrogen) atoms. The number of nitrogens with zero attached hydrogens (tertiary/aromatic N) is 2. The minimum atomic E-state index is 0.339. The zero-order chi connectivity index (χ0) is 10.0. The van der Waals surface area contributed by atoms with Gasteiger partial charge < -0.3 is 5.73 Å². The van der Waals surface area contributed by atoms with E-state index >= 15 is 0 Å². The quantitative estimate of drug-likeness (QED) is 0.758. The van der Waals surface area contributed by atoms with Crippen molar-refractivity contribution in [3.63, 3.8) is 0 Å². The molecular formula is C10H17N3. The molecule has 0 aliphatic heterocycles. The molecule has 0 fully saturated rings. The smallest absolute Gasteiger partial charge is 0.145 e. The third kappa shape index (κ3) is 2.17. The first kappa shape index (κ1) is 9.96. The van der Waals surface area contributed by atoms with Crippen molar-refractivity contribution in [2.24, 2.45) is 0 Å². The van der Waals surface area contributed by atoms with Gasteiger partial charge in [0.05, 0.1) is 17.6 Å². The van der Waals surface area contributed by atoms with E-state index in [1.54, 1.807) is 6.20 Å². The number of nitrogens with two attached hydrogens (primary N) is 1. The molecule has 1 aromatic heterocycles. The molecule has 0 saturated carbocycles. The number of rotatable bonds is 2. The second-order valence-corrected chi connectivity index (χ2v) is 3.87. The van der Waals surface area contributed by atoms with Gasteiger partial charge in [-0.25, -0.2) is 4.98 Å². The Kier molecular flexibility index (Phi) is 2.86. The van der Waals surface area contributed by atoms with Crippen molar-refractivity contribution in [2.75, 3.05) is 5.73 Å². The van der Waals surface area contributed by atoms with E-state index in [4.69, 9.17) is 5.73 Å². The Bertz CT molecular complexity index is 292.